The van der Waals surface area contributed by atoms with E-state index in [0.29, 0.717) is 11.4 Å². The molecule has 2 aromatic rings. The molecule has 1 aromatic heterocycles. The third-order valence-electron chi connectivity index (χ3n) is 3.45. The quantitative estimate of drug-likeness (QED) is 0.861. The van der Waals surface area contributed by atoms with E-state index in [4.69, 9.17) is 5.73 Å². The van der Waals surface area contributed by atoms with E-state index in [9.17, 15) is 4.79 Å². The van der Waals surface area contributed by atoms with Gasteiger partial charge >= 0.3 is 0 Å². The normalized spacial score (nSPS) is 16.9. The lowest BCUT2D eigenvalue weighted by atomic mass is 10.1. The van der Waals surface area contributed by atoms with Crippen LogP contribution < -0.4 is 11.1 Å². The van der Waals surface area contributed by atoms with Crippen molar-refractivity contribution in [2.45, 2.75) is 18.9 Å². The molecule has 0 saturated heterocycles. The molecule has 96 valence electrons. The maximum atomic E-state index is 12.1. The first-order valence-electron chi connectivity index (χ1n) is 6.34. The predicted octanol–water partition coefficient (Wildman–Crippen LogP) is 2.08. The number of nitrogens with zero attached hydrogens (tertiary/aromatic N) is 1. The number of hydrogen-bond donors (Lipinski definition) is 2. The van der Waals surface area contributed by atoms with Crippen LogP contribution in [0.3, 0.4) is 0 Å². The Kier molecular flexibility index (Phi) is 2.91. The van der Waals surface area contributed by atoms with Crippen molar-refractivity contribution in [3.05, 3.63) is 59.4 Å². The lowest BCUT2D eigenvalue weighted by Crippen LogP contribution is -2.27. The number of nitrogens with two attached hydrogens (primary N) is 1. The van der Waals surface area contributed by atoms with Gasteiger partial charge in [-0.05, 0) is 36.1 Å². The summed E-state index contributed by atoms with van der Waals surface area (Å²) in [5.74, 6) is -0.172. The number of rotatable bonds is 2. The van der Waals surface area contributed by atoms with Crippen LogP contribution in [0.1, 0.15) is 34.1 Å². The summed E-state index contributed by atoms with van der Waals surface area (Å²) in [6.45, 7) is 0. The molecule has 1 aliphatic rings. The van der Waals surface area contributed by atoms with Crippen LogP contribution in [0.25, 0.3) is 0 Å². The number of aromatic nitrogens is 1. The van der Waals surface area contributed by atoms with Gasteiger partial charge in [-0.1, -0.05) is 24.3 Å². The highest BCUT2D eigenvalue weighted by Crippen LogP contribution is 2.30. The lowest BCUT2D eigenvalue weighted by Gasteiger charge is -2.13. The van der Waals surface area contributed by atoms with Crippen molar-refractivity contribution >= 4 is 11.6 Å². The zero-order valence-electron chi connectivity index (χ0n) is 10.5. The van der Waals surface area contributed by atoms with Gasteiger partial charge in [0, 0.05) is 11.9 Å². The highest BCUT2D eigenvalue weighted by Gasteiger charge is 2.24. The molecule has 4 heteroatoms. The van der Waals surface area contributed by atoms with E-state index in [2.05, 4.69) is 22.4 Å². The van der Waals surface area contributed by atoms with Crippen LogP contribution >= 0.6 is 0 Å². The van der Waals surface area contributed by atoms with Crippen LogP contribution in [0.4, 0.5) is 5.69 Å². The van der Waals surface area contributed by atoms with Gasteiger partial charge in [0.05, 0.1) is 6.04 Å². The lowest BCUT2D eigenvalue weighted by molar-refractivity contribution is 0.0931. The molecule has 0 aliphatic heterocycles. The number of nitrogens with one attached hydrogen (secondary N) is 1. The summed E-state index contributed by atoms with van der Waals surface area (Å²) in [6.07, 6.45) is 3.49. The summed E-state index contributed by atoms with van der Waals surface area (Å²) in [6, 6.07) is 11.6. The van der Waals surface area contributed by atoms with Crippen molar-refractivity contribution in [1.29, 1.82) is 0 Å². The van der Waals surface area contributed by atoms with E-state index in [1.54, 1.807) is 18.3 Å². The Bertz CT molecular complexity index is 624. The van der Waals surface area contributed by atoms with E-state index in [1.807, 2.05) is 12.1 Å². The Balaban J connectivity index is 1.78. The fourth-order valence-corrected chi connectivity index (χ4v) is 2.51. The van der Waals surface area contributed by atoms with E-state index in [0.717, 1.165) is 12.8 Å². The van der Waals surface area contributed by atoms with Crippen molar-refractivity contribution < 1.29 is 4.79 Å². The van der Waals surface area contributed by atoms with Gasteiger partial charge in [-0.25, -0.2) is 0 Å². The minimum absolute atomic E-state index is 0.0759. The number of hydrogen-bond acceptors (Lipinski definition) is 3. The van der Waals surface area contributed by atoms with E-state index >= 15 is 0 Å². The molecular weight excluding hydrogens is 238 g/mol. The molecule has 0 spiro atoms. The Morgan fingerprint density at radius 3 is 3.00 bits per heavy atom. The zero-order chi connectivity index (χ0) is 13.2. The number of amides is 1. The molecule has 0 bridgehead atoms. The van der Waals surface area contributed by atoms with Crippen LogP contribution in [0.5, 0.6) is 0 Å². The minimum Gasteiger partial charge on any atom is -0.399 e. The Morgan fingerprint density at radius 2 is 2.16 bits per heavy atom. The Morgan fingerprint density at radius 1 is 1.32 bits per heavy atom. The molecule has 1 aliphatic carbocycles. The second kappa shape index (κ2) is 4.72. The maximum Gasteiger partial charge on any atom is 0.270 e. The molecule has 0 fully saturated rings. The molecule has 19 heavy (non-hydrogen) atoms. The monoisotopic (exact) mass is 253 g/mol. The maximum absolute atomic E-state index is 12.1. The average molecular weight is 253 g/mol. The standard InChI is InChI=1S/C15H15N3O/c16-11-7-8-17-14(9-11)15(19)18-13-6-5-10-3-1-2-4-12(10)13/h1-4,7-9,13H,5-6H2,(H2,16,17)(H,18,19)/t13-/m0/s1. The third-order valence-corrected chi connectivity index (χ3v) is 3.45. The van der Waals surface area contributed by atoms with Crippen molar-refractivity contribution in [1.82, 2.24) is 10.3 Å². The number of benzene rings is 1. The SMILES string of the molecule is Nc1ccnc(C(=O)N[C@H]2CCc3ccccc32)c1. The van der Waals surface area contributed by atoms with Crippen LogP contribution in [0.15, 0.2) is 42.6 Å². The van der Waals surface area contributed by atoms with E-state index in [-0.39, 0.29) is 11.9 Å². The second-order valence-corrected chi connectivity index (χ2v) is 4.74. The fourth-order valence-electron chi connectivity index (χ4n) is 2.51. The summed E-state index contributed by atoms with van der Waals surface area (Å²) in [5.41, 5.74) is 9.10. The van der Waals surface area contributed by atoms with E-state index < -0.39 is 0 Å². The molecule has 4 nitrogen and oxygen atoms in total. The summed E-state index contributed by atoms with van der Waals surface area (Å²) < 4.78 is 0. The molecule has 0 saturated carbocycles. The number of carbonyl (C=O) groups is 1. The molecular formula is C15H15N3O. The van der Waals surface area contributed by atoms with Gasteiger partial charge in [0.15, 0.2) is 0 Å². The van der Waals surface area contributed by atoms with Crippen molar-refractivity contribution in [3.63, 3.8) is 0 Å². The highest BCUT2D eigenvalue weighted by molar-refractivity contribution is 5.93. The van der Waals surface area contributed by atoms with Gasteiger partial charge in [-0.2, -0.15) is 0 Å². The Labute approximate surface area is 111 Å². The molecule has 1 amide bonds. The molecule has 3 rings (SSSR count). The Hall–Kier alpha value is -2.36. The van der Waals surface area contributed by atoms with Crippen molar-refractivity contribution in [2.75, 3.05) is 5.73 Å². The van der Waals surface area contributed by atoms with Crippen LogP contribution in [0, 0.1) is 0 Å². The molecule has 1 atom stereocenters. The molecule has 1 heterocycles. The number of fused-ring (bicyclic) bond motifs is 1. The zero-order valence-corrected chi connectivity index (χ0v) is 10.5. The fraction of sp³-hybridized carbons (Fsp3) is 0.200. The summed E-state index contributed by atoms with van der Waals surface area (Å²) in [7, 11) is 0. The highest BCUT2D eigenvalue weighted by atomic mass is 16.1. The number of aryl methyl sites for hydroxylation is 1. The number of pyridine rings is 1. The van der Waals surface area contributed by atoms with Gasteiger partial charge in [0.25, 0.3) is 5.91 Å². The minimum atomic E-state index is -0.172. The van der Waals surface area contributed by atoms with Gasteiger partial charge in [-0.15, -0.1) is 0 Å². The molecule has 0 unspecified atom stereocenters. The third kappa shape index (κ3) is 2.29. The molecule has 3 N–H and O–H groups in total. The van der Waals surface area contributed by atoms with Gasteiger partial charge < -0.3 is 11.1 Å². The first-order chi connectivity index (χ1) is 9.24. The topological polar surface area (TPSA) is 68.0 Å². The van der Waals surface area contributed by atoms with Crippen molar-refractivity contribution in [2.24, 2.45) is 0 Å². The smallest absolute Gasteiger partial charge is 0.270 e. The first kappa shape index (κ1) is 11.7. The van der Waals surface area contributed by atoms with Crippen LogP contribution in [-0.4, -0.2) is 10.9 Å². The van der Waals surface area contributed by atoms with Gasteiger partial charge in [0.1, 0.15) is 5.69 Å². The number of carbonyl (C=O) groups excluding carboxylic acids is 1. The second-order valence-electron chi connectivity index (χ2n) is 4.74. The summed E-state index contributed by atoms with van der Waals surface area (Å²) in [5, 5.41) is 3.02. The largest absolute Gasteiger partial charge is 0.399 e. The van der Waals surface area contributed by atoms with Crippen molar-refractivity contribution in [3.8, 4) is 0 Å². The number of anilines is 1. The summed E-state index contributed by atoms with van der Waals surface area (Å²) >= 11 is 0. The van der Waals surface area contributed by atoms with Crippen LogP contribution in [0.2, 0.25) is 0 Å². The number of nitrogen functional groups attached to an aromatic ring is 1. The van der Waals surface area contributed by atoms with Crippen LogP contribution in [-0.2, 0) is 6.42 Å². The first-order valence-corrected chi connectivity index (χ1v) is 6.34. The predicted molar refractivity (Wildman–Crippen MR) is 73.6 cm³/mol. The molecule has 0 radical (unpaired) electrons. The van der Waals surface area contributed by atoms with E-state index in [1.165, 1.54) is 11.1 Å². The van der Waals surface area contributed by atoms with Gasteiger partial charge in [0.2, 0.25) is 0 Å². The van der Waals surface area contributed by atoms with Gasteiger partial charge in [-0.3, -0.25) is 9.78 Å². The molecule has 1 aromatic carbocycles. The summed E-state index contributed by atoms with van der Waals surface area (Å²) in [4.78, 5) is 16.2. The average Bonchev–Trinajstić information content (AvgIpc) is 2.82.